The molecule has 140 valence electrons. The highest BCUT2D eigenvalue weighted by molar-refractivity contribution is 14.0. The third kappa shape index (κ3) is 7.55. The predicted octanol–water partition coefficient (Wildman–Crippen LogP) is 2.12. The van der Waals surface area contributed by atoms with Gasteiger partial charge in [-0.05, 0) is 24.5 Å². The van der Waals surface area contributed by atoms with Crippen LogP contribution in [0.2, 0.25) is 0 Å². The van der Waals surface area contributed by atoms with Gasteiger partial charge < -0.3 is 15.4 Å². The fraction of sp³-hybridized carbons (Fsp3) is 0.588. The Hall–Kier alpha value is -1.42. The number of ether oxygens (including phenoxy) is 1. The molecule has 0 amide bonds. The maximum atomic E-state index is 5.58. The van der Waals surface area contributed by atoms with Gasteiger partial charge in [-0.3, -0.25) is 9.39 Å². The molecule has 0 fully saturated rings. The van der Waals surface area contributed by atoms with Crippen molar-refractivity contribution in [1.82, 2.24) is 25.2 Å². The molecule has 0 aliphatic rings. The van der Waals surface area contributed by atoms with Gasteiger partial charge in [0.25, 0.3) is 0 Å². The van der Waals surface area contributed by atoms with Crippen LogP contribution in [0.5, 0.6) is 0 Å². The van der Waals surface area contributed by atoms with Gasteiger partial charge in [0.1, 0.15) is 5.82 Å². The first kappa shape index (κ1) is 21.6. The zero-order valence-corrected chi connectivity index (χ0v) is 17.6. The Labute approximate surface area is 166 Å². The molecule has 2 rings (SSSR count). The molecule has 25 heavy (non-hydrogen) atoms. The van der Waals surface area contributed by atoms with Crippen LogP contribution in [0.25, 0.3) is 5.65 Å². The average Bonchev–Trinajstić information content (AvgIpc) is 2.99. The first-order valence-electron chi connectivity index (χ1n) is 8.51. The summed E-state index contributed by atoms with van der Waals surface area (Å²) in [5, 5.41) is 14.9. The molecular weight excluding hydrogens is 431 g/mol. The summed E-state index contributed by atoms with van der Waals surface area (Å²) in [7, 11) is 1.77. The van der Waals surface area contributed by atoms with Gasteiger partial charge in [0.15, 0.2) is 11.6 Å². The molecular formula is C17H29IN6O. The van der Waals surface area contributed by atoms with Crippen LogP contribution in [0.1, 0.15) is 26.1 Å². The summed E-state index contributed by atoms with van der Waals surface area (Å²) >= 11 is 0. The summed E-state index contributed by atoms with van der Waals surface area (Å²) in [5.74, 6) is 2.39. The van der Waals surface area contributed by atoms with Crippen LogP contribution >= 0.6 is 24.0 Å². The topological polar surface area (TPSA) is 75.8 Å². The van der Waals surface area contributed by atoms with Crippen LogP contribution in [0.3, 0.4) is 0 Å². The number of rotatable bonds is 9. The van der Waals surface area contributed by atoms with Crippen LogP contribution in [0, 0.1) is 5.92 Å². The molecule has 0 radical (unpaired) electrons. The number of hydrogen-bond donors (Lipinski definition) is 2. The van der Waals surface area contributed by atoms with Crippen molar-refractivity contribution in [3.63, 3.8) is 0 Å². The van der Waals surface area contributed by atoms with E-state index in [0.717, 1.165) is 50.0 Å². The highest BCUT2D eigenvalue weighted by Gasteiger charge is 2.04. The van der Waals surface area contributed by atoms with Crippen LogP contribution in [-0.2, 0) is 11.2 Å². The van der Waals surface area contributed by atoms with E-state index in [0.29, 0.717) is 12.5 Å². The van der Waals surface area contributed by atoms with Crippen LogP contribution < -0.4 is 10.6 Å². The number of nitrogens with one attached hydrogen (secondary N) is 2. The number of aromatic nitrogens is 3. The van der Waals surface area contributed by atoms with Crippen molar-refractivity contribution in [2.24, 2.45) is 10.9 Å². The lowest BCUT2D eigenvalue weighted by Gasteiger charge is -2.12. The van der Waals surface area contributed by atoms with Crippen LogP contribution in [0.4, 0.5) is 0 Å². The molecule has 2 N–H and O–H groups in total. The molecule has 0 aliphatic heterocycles. The molecule has 0 bridgehead atoms. The number of fused-ring (bicyclic) bond motifs is 1. The fourth-order valence-corrected chi connectivity index (χ4v) is 2.24. The molecule has 0 atom stereocenters. The molecule has 2 heterocycles. The normalized spacial score (nSPS) is 11.6. The molecule has 8 heteroatoms. The van der Waals surface area contributed by atoms with E-state index in [1.165, 1.54) is 0 Å². The molecule has 0 saturated carbocycles. The fourth-order valence-electron chi connectivity index (χ4n) is 2.24. The SMILES string of the molecule is CN=C(NCCOCCC(C)C)NCCc1nnc2ccccn12.I. The van der Waals surface area contributed by atoms with E-state index < -0.39 is 0 Å². The number of nitrogens with zero attached hydrogens (tertiary/aromatic N) is 4. The van der Waals surface area contributed by atoms with Gasteiger partial charge in [-0.25, -0.2) is 0 Å². The van der Waals surface area contributed by atoms with Gasteiger partial charge in [-0.15, -0.1) is 34.2 Å². The van der Waals surface area contributed by atoms with Crippen molar-refractivity contribution in [3.05, 3.63) is 30.2 Å². The quantitative estimate of drug-likeness (QED) is 0.260. The smallest absolute Gasteiger partial charge is 0.191 e. The van der Waals surface area contributed by atoms with Crippen molar-refractivity contribution in [3.8, 4) is 0 Å². The second kappa shape index (κ2) is 12.0. The number of halogens is 1. The second-order valence-electron chi connectivity index (χ2n) is 6.02. The molecule has 7 nitrogen and oxygen atoms in total. The third-order valence-electron chi connectivity index (χ3n) is 3.63. The summed E-state index contributed by atoms with van der Waals surface area (Å²) in [6.07, 6.45) is 3.85. The van der Waals surface area contributed by atoms with Crippen LogP contribution in [-0.4, -0.2) is 53.9 Å². The molecule has 2 aromatic rings. The van der Waals surface area contributed by atoms with E-state index in [-0.39, 0.29) is 24.0 Å². The van der Waals surface area contributed by atoms with E-state index in [2.05, 4.69) is 39.7 Å². The zero-order valence-electron chi connectivity index (χ0n) is 15.2. The molecule has 0 unspecified atom stereocenters. The molecule has 0 aliphatic carbocycles. The van der Waals surface area contributed by atoms with Gasteiger partial charge in [0.2, 0.25) is 0 Å². The van der Waals surface area contributed by atoms with Crippen LogP contribution in [0.15, 0.2) is 29.4 Å². The lowest BCUT2D eigenvalue weighted by Crippen LogP contribution is -2.40. The maximum absolute atomic E-state index is 5.58. The van der Waals surface area contributed by atoms with Crippen molar-refractivity contribution in [1.29, 1.82) is 0 Å². The monoisotopic (exact) mass is 460 g/mol. The number of pyridine rings is 1. The Kier molecular flexibility index (Phi) is 10.4. The minimum absolute atomic E-state index is 0. The van der Waals surface area contributed by atoms with Crippen molar-refractivity contribution < 1.29 is 4.74 Å². The number of hydrogen-bond acceptors (Lipinski definition) is 4. The summed E-state index contributed by atoms with van der Waals surface area (Å²) in [4.78, 5) is 4.21. The average molecular weight is 460 g/mol. The number of aliphatic imine (C=N–C) groups is 1. The summed E-state index contributed by atoms with van der Waals surface area (Å²) in [5.41, 5.74) is 0.869. The lowest BCUT2D eigenvalue weighted by molar-refractivity contribution is 0.128. The minimum atomic E-state index is 0. The standard InChI is InChI=1S/C17H28N6O.HI/c1-14(2)8-12-24-13-10-20-17(18-3)19-9-7-16-22-21-15-6-4-5-11-23(15)16;/h4-6,11,14H,7-10,12-13H2,1-3H3,(H2,18,19,20);1H. The van der Waals surface area contributed by atoms with E-state index in [1.807, 2.05) is 28.8 Å². The summed E-state index contributed by atoms with van der Waals surface area (Å²) < 4.78 is 7.58. The Bertz CT molecular complexity index is 643. The van der Waals surface area contributed by atoms with E-state index >= 15 is 0 Å². The summed E-state index contributed by atoms with van der Waals surface area (Å²) in [6, 6.07) is 5.89. The van der Waals surface area contributed by atoms with Gasteiger partial charge in [0.05, 0.1) is 6.61 Å². The first-order chi connectivity index (χ1) is 11.7. The van der Waals surface area contributed by atoms with Crippen molar-refractivity contribution in [2.75, 3.05) is 33.4 Å². The van der Waals surface area contributed by atoms with E-state index in [4.69, 9.17) is 4.74 Å². The van der Waals surface area contributed by atoms with Gasteiger partial charge >= 0.3 is 0 Å². The second-order valence-corrected chi connectivity index (χ2v) is 6.02. The summed E-state index contributed by atoms with van der Waals surface area (Å²) in [6.45, 7) is 7.38. The predicted molar refractivity (Wildman–Crippen MR) is 112 cm³/mol. The lowest BCUT2D eigenvalue weighted by atomic mass is 10.1. The highest BCUT2D eigenvalue weighted by atomic mass is 127. The minimum Gasteiger partial charge on any atom is -0.380 e. The Balaban J connectivity index is 0.00000312. The van der Waals surface area contributed by atoms with Gasteiger partial charge in [0, 0.05) is 39.4 Å². The largest absolute Gasteiger partial charge is 0.380 e. The van der Waals surface area contributed by atoms with Crippen molar-refractivity contribution >= 4 is 35.6 Å². The molecule has 0 aromatic carbocycles. The maximum Gasteiger partial charge on any atom is 0.191 e. The molecule has 0 spiro atoms. The Morgan fingerprint density at radius 3 is 2.76 bits per heavy atom. The van der Waals surface area contributed by atoms with E-state index in [9.17, 15) is 0 Å². The Morgan fingerprint density at radius 1 is 1.20 bits per heavy atom. The van der Waals surface area contributed by atoms with E-state index in [1.54, 1.807) is 7.05 Å². The van der Waals surface area contributed by atoms with Gasteiger partial charge in [-0.2, -0.15) is 0 Å². The first-order valence-corrected chi connectivity index (χ1v) is 8.51. The molecule has 0 saturated heterocycles. The third-order valence-corrected chi connectivity index (χ3v) is 3.63. The highest BCUT2D eigenvalue weighted by Crippen LogP contribution is 2.02. The van der Waals surface area contributed by atoms with Gasteiger partial charge in [-0.1, -0.05) is 19.9 Å². The zero-order chi connectivity index (χ0) is 17.2. The Morgan fingerprint density at radius 2 is 2.00 bits per heavy atom. The van der Waals surface area contributed by atoms with Crippen molar-refractivity contribution in [2.45, 2.75) is 26.7 Å². The molecule has 2 aromatic heterocycles. The number of guanidine groups is 1.